The van der Waals surface area contributed by atoms with Crippen LogP contribution in [0.5, 0.6) is 0 Å². The van der Waals surface area contributed by atoms with E-state index in [2.05, 4.69) is 10.2 Å². The van der Waals surface area contributed by atoms with Gasteiger partial charge in [-0.2, -0.15) is 9.40 Å². The zero-order valence-corrected chi connectivity index (χ0v) is 10.6. The molecule has 2 heterocycles. The summed E-state index contributed by atoms with van der Waals surface area (Å²) in [6.45, 7) is 2.93. The highest BCUT2D eigenvalue weighted by atomic mass is 35.5. The molecule has 16 heavy (non-hydrogen) atoms. The van der Waals surface area contributed by atoms with E-state index in [4.69, 9.17) is 11.6 Å². The molecule has 0 aliphatic carbocycles. The minimum absolute atomic E-state index is 0.0851. The highest BCUT2D eigenvalue weighted by molar-refractivity contribution is 7.89. The third-order valence-corrected chi connectivity index (χ3v) is 4.96. The molecule has 0 saturated carbocycles. The first-order valence-electron chi connectivity index (χ1n) is 5.17. The molecule has 0 radical (unpaired) electrons. The summed E-state index contributed by atoms with van der Waals surface area (Å²) in [6.07, 6.45) is 1.83. The quantitative estimate of drug-likeness (QED) is 0.835. The molecular weight excluding hydrogens is 250 g/mol. The number of nitrogens with one attached hydrogen (secondary N) is 1. The van der Waals surface area contributed by atoms with Crippen molar-refractivity contribution in [3.8, 4) is 0 Å². The number of sulfonamides is 1. The number of halogens is 1. The highest BCUT2D eigenvalue weighted by Crippen LogP contribution is 2.24. The van der Waals surface area contributed by atoms with Gasteiger partial charge in [0.05, 0.1) is 5.88 Å². The zero-order valence-electron chi connectivity index (χ0n) is 9.03. The Morgan fingerprint density at radius 1 is 1.44 bits per heavy atom. The zero-order chi connectivity index (χ0) is 11.8. The number of H-pyrrole nitrogens is 1. The number of aryl methyl sites for hydroxylation is 1. The molecule has 0 atom stereocenters. The van der Waals surface area contributed by atoms with Crippen molar-refractivity contribution in [1.29, 1.82) is 0 Å². The fourth-order valence-corrected chi connectivity index (χ4v) is 3.94. The Balaban J connectivity index is 2.42. The Morgan fingerprint density at radius 2 is 2.06 bits per heavy atom. The number of aromatic amines is 1. The van der Waals surface area contributed by atoms with Crippen LogP contribution in [0.4, 0.5) is 0 Å². The lowest BCUT2D eigenvalue weighted by molar-refractivity contribution is 0.473. The molecule has 7 heteroatoms. The Hall–Kier alpha value is -0.590. The van der Waals surface area contributed by atoms with E-state index in [1.165, 1.54) is 4.31 Å². The van der Waals surface area contributed by atoms with Crippen LogP contribution in [0, 0.1) is 6.92 Å². The summed E-state index contributed by atoms with van der Waals surface area (Å²) in [5.74, 6) is 0.157. The molecule has 1 aromatic heterocycles. The Labute approximate surface area is 99.8 Å². The summed E-state index contributed by atoms with van der Waals surface area (Å²) < 4.78 is 25.9. The van der Waals surface area contributed by atoms with Crippen molar-refractivity contribution in [3.05, 3.63) is 11.3 Å². The molecule has 0 amide bonds. The number of hydrogen-bond donors (Lipinski definition) is 1. The smallest absolute Gasteiger partial charge is 0.262 e. The van der Waals surface area contributed by atoms with Gasteiger partial charge >= 0.3 is 0 Å². The Morgan fingerprint density at radius 3 is 2.62 bits per heavy atom. The molecule has 0 bridgehead atoms. The number of hydrogen-bond acceptors (Lipinski definition) is 3. The van der Waals surface area contributed by atoms with E-state index in [1.807, 2.05) is 0 Å². The fourth-order valence-electron chi connectivity index (χ4n) is 1.85. The predicted molar refractivity (Wildman–Crippen MR) is 60.9 cm³/mol. The van der Waals surface area contributed by atoms with Crippen LogP contribution in [0.3, 0.4) is 0 Å². The van der Waals surface area contributed by atoms with Crippen molar-refractivity contribution in [2.45, 2.75) is 30.7 Å². The van der Waals surface area contributed by atoms with Crippen LogP contribution in [0.2, 0.25) is 0 Å². The third-order valence-electron chi connectivity index (χ3n) is 2.82. The molecule has 1 aromatic rings. The maximum atomic E-state index is 12.2. The lowest BCUT2D eigenvalue weighted by Crippen LogP contribution is -2.28. The topological polar surface area (TPSA) is 66.1 Å². The van der Waals surface area contributed by atoms with Gasteiger partial charge < -0.3 is 0 Å². The van der Waals surface area contributed by atoms with E-state index in [-0.39, 0.29) is 10.9 Å². The van der Waals surface area contributed by atoms with Crippen LogP contribution in [-0.2, 0) is 15.9 Å². The molecule has 0 aromatic carbocycles. The normalized spacial score (nSPS) is 18.1. The summed E-state index contributed by atoms with van der Waals surface area (Å²) in [5, 5.41) is 6.63. The van der Waals surface area contributed by atoms with Gasteiger partial charge in [0.25, 0.3) is 10.0 Å². The lowest BCUT2D eigenvalue weighted by atomic mass is 10.3. The van der Waals surface area contributed by atoms with Gasteiger partial charge in [-0.25, -0.2) is 8.42 Å². The van der Waals surface area contributed by atoms with Crippen molar-refractivity contribution in [2.75, 3.05) is 13.1 Å². The molecule has 1 saturated heterocycles. The van der Waals surface area contributed by atoms with Gasteiger partial charge in [0.2, 0.25) is 0 Å². The molecule has 0 spiro atoms. The summed E-state index contributed by atoms with van der Waals surface area (Å²) in [6, 6.07) is 0. The van der Waals surface area contributed by atoms with Crippen molar-refractivity contribution >= 4 is 21.6 Å². The van der Waals surface area contributed by atoms with Gasteiger partial charge in [0, 0.05) is 24.3 Å². The van der Waals surface area contributed by atoms with Gasteiger partial charge in [0.1, 0.15) is 0 Å². The first-order chi connectivity index (χ1) is 7.57. The van der Waals surface area contributed by atoms with Crippen LogP contribution in [0.15, 0.2) is 5.03 Å². The first-order valence-corrected chi connectivity index (χ1v) is 7.15. The summed E-state index contributed by atoms with van der Waals surface area (Å²) >= 11 is 5.75. The first kappa shape index (κ1) is 11.9. The molecule has 90 valence electrons. The summed E-state index contributed by atoms with van der Waals surface area (Å²) in [7, 11) is -3.45. The van der Waals surface area contributed by atoms with E-state index in [0.29, 0.717) is 24.3 Å². The Kier molecular flexibility index (Phi) is 3.23. The predicted octanol–water partition coefficient (Wildman–Crippen LogP) is 1.24. The van der Waals surface area contributed by atoms with Crippen molar-refractivity contribution < 1.29 is 8.42 Å². The van der Waals surface area contributed by atoms with Crippen LogP contribution >= 0.6 is 11.6 Å². The number of aromatic nitrogens is 2. The average molecular weight is 264 g/mol. The van der Waals surface area contributed by atoms with Crippen LogP contribution in [0.1, 0.15) is 24.1 Å². The second kappa shape index (κ2) is 4.35. The lowest BCUT2D eigenvalue weighted by Gasteiger charge is -2.14. The van der Waals surface area contributed by atoms with Gasteiger partial charge in [0.15, 0.2) is 5.03 Å². The molecule has 1 aliphatic rings. The number of rotatable bonds is 3. The van der Waals surface area contributed by atoms with Gasteiger partial charge in [-0.15, -0.1) is 11.6 Å². The summed E-state index contributed by atoms with van der Waals surface area (Å²) in [4.78, 5) is 0. The average Bonchev–Trinajstić information content (AvgIpc) is 2.85. The van der Waals surface area contributed by atoms with Crippen molar-refractivity contribution in [2.24, 2.45) is 0 Å². The van der Waals surface area contributed by atoms with Crippen molar-refractivity contribution in [3.63, 3.8) is 0 Å². The van der Waals surface area contributed by atoms with E-state index >= 15 is 0 Å². The minimum atomic E-state index is -3.45. The fraction of sp³-hybridized carbons (Fsp3) is 0.667. The molecular formula is C9H14ClN3O2S. The second-order valence-corrected chi connectivity index (χ2v) is 6.00. The summed E-state index contributed by atoms with van der Waals surface area (Å²) in [5.41, 5.74) is 1.29. The molecule has 1 aliphatic heterocycles. The molecule has 1 fully saturated rings. The monoisotopic (exact) mass is 263 g/mol. The van der Waals surface area contributed by atoms with Crippen LogP contribution < -0.4 is 0 Å². The molecule has 5 nitrogen and oxygen atoms in total. The van der Waals surface area contributed by atoms with E-state index in [9.17, 15) is 8.42 Å². The van der Waals surface area contributed by atoms with E-state index in [1.54, 1.807) is 6.92 Å². The second-order valence-electron chi connectivity index (χ2n) is 3.88. The van der Waals surface area contributed by atoms with Gasteiger partial charge in [-0.05, 0) is 19.8 Å². The molecule has 2 rings (SSSR count). The Bertz CT molecular complexity index is 477. The van der Waals surface area contributed by atoms with Gasteiger partial charge in [-0.1, -0.05) is 0 Å². The van der Waals surface area contributed by atoms with Crippen LogP contribution in [0.25, 0.3) is 0 Å². The standard InChI is InChI=1S/C9H14ClN3O2S/c1-7-8(6-10)9(12-11-7)16(14,15)13-4-2-3-5-13/h2-6H2,1H3,(H,11,12). The third kappa shape index (κ3) is 1.85. The van der Waals surface area contributed by atoms with Crippen LogP contribution in [-0.4, -0.2) is 36.0 Å². The largest absolute Gasteiger partial charge is 0.281 e. The van der Waals surface area contributed by atoms with Gasteiger partial charge in [-0.3, -0.25) is 5.10 Å². The maximum Gasteiger partial charge on any atom is 0.262 e. The number of nitrogens with zero attached hydrogens (tertiary/aromatic N) is 2. The maximum absolute atomic E-state index is 12.2. The van der Waals surface area contributed by atoms with E-state index in [0.717, 1.165) is 12.8 Å². The van der Waals surface area contributed by atoms with E-state index < -0.39 is 10.0 Å². The number of alkyl halides is 1. The molecule has 0 unspecified atom stereocenters. The molecule has 1 N–H and O–H groups in total. The highest BCUT2D eigenvalue weighted by Gasteiger charge is 2.31. The minimum Gasteiger partial charge on any atom is -0.281 e. The van der Waals surface area contributed by atoms with Crippen molar-refractivity contribution in [1.82, 2.24) is 14.5 Å². The SMILES string of the molecule is Cc1[nH]nc(S(=O)(=O)N2CCCC2)c1CCl.